The van der Waals surface area contributed by atoms with E-state index in [1.54, 1.807) is 0 Å². The van der Waals surface area contributed by atoms with Crippen LogP contribution in [0.4, 0.5) is 0 Å². The van der Waals surface area contributed by atoms with Crippen LogP contribution in [0.3, 0.4) is 0 Å². The summed E-state index contributed by atoms with van der Waals surface area (Å²) < 4.78 is 0. The molecule has 0 saturated heterocycles. The van der Waals surface area contributed by atoms with Gasteiger partial charge >= 0.3 is 5.97 Å². The zero-order valence-corrected chi connectivity index (χ0v) is 20.8. The van der Waals surface area contributed by atoms with Gasteiger partial charge in [0.05, 0.1) is 19.0 Å². The van der Waals surface area contributed by atoms with Crippen molar-refractivity contribution < 1.29 is 34.5 Å². The minimum absolute atomic E-state index is 0.00450. The monoisotopic (exact) mass is 533 g/mol. The highest BCUT2D eigenvalue weighted by Crippen LogP contribution is 2.12. The van der Waals surface area contributed by atoms with Gasteiger partial charge < -0.3 is 47.7 Å². The number of aliphatic carboxylic acids is 1. The van der Waals surface area contributed by atoms with Gasteiger partial charge in [-0.15, -0.1) is 0 Å². The van der Waals surface area contributed by atoms with Crippen LogP contribution in [0.15, 0.2) is 36.8 Å². The van der Waals surface area contributed by atoms with E-state index in [9.17, 15) is 34.5 Å². The van der Waals surface area contributed by atoms with E-state index in [2.05, 4.69) is 25.9 Å². The van der Waals surface area contributed by atoms with Gasteiger partial charge in [-0.25, -0.2) is 9.78 Å². The third kappa shape index (κ3) is 9.80. The Hall–Kier alpha value is -4.01. The lowest BCUT2D eigenvalue weighted by atomic mass is 10.0. The molecule has 4 unspecified atom stereocenters. The molecule has 0 aliphatic rings. The van der Waals surface area contributed by atoms with Gasteiger partial charge in [0.15, 0.2) is 0 Å². The minimum atomic E-state index is -1.40. The van der Waals surface area contributed by atoms with E-state index in [1.807, 2.05) is 0 Å². The van der Waals surface area contributed by atoms with Crippen molar-refractivity contribution >= 4 is 23.7 Å². The van der Waals surface area contributed by atoms with Crippen LogP contribution >= 0.6 is 0 Å². The van der Waals surface area contributed by atoms with Crippen LogP contribution in [0.1, 0.15) is 30.5 Å². The summed E-state index contributed by atoms with van der Waals surface area (Å²) in [6.07, 6.45) is 4.26. The minimum Gasteiger partial charge on any atom is -0.508 e. The summed E-state index contributed by atoms with van der Waals surface area (Å²) in [7, 11) is 0. The SMILES string of the molecule is NCCCCC(N)C(=O)NC(CO)C(=O)NC(Cc1ccc(O)cc1)C(=O)NC(Cc1cnc[nH]1)C(=O)O. The Morgan fingerprint density at radius 2 is 1.55 bits per heavy atom. The second-order valence-corrected chi connectivity index (χ2v) is 8.75. The molecule has 1 aromatic carbocycles. The lowest BCUT2D eigenvalue weighted by molar-refractivity contribution is -0.142. The molecule has 1 aromatic heterocycles. The number of nitrogens with two attached hydrogens (primary N) is 2. The first-order valence-corrected chi connectivity index (χ1v) is 12.1. The zero-order chi connectivity index (χ0) is 28.1. The first-order valence-electron chi connectivity index (χ1n) is 12.1. The highest BCUT2D eigenvalue weighted by atomic mass is 16.4. The number of aromatic nitrogens is 2. The van der Waals surface area contributed by atoms with Crippen molar-refractivity contribution in [2.75, 3.05) is 13.2 Å². The van der Waals surface area contributed by atoms with Crippen molar-refractivity contribution in [2.24, 2.45) is 11.5 Å². The molecule has 0 aliphatic carbocycles. The van der Waals surface area contributed by atoms with E-state index >= 15 is 0 Å². The summed E-state index contributed by atoms with van der Waals surface area (Å²) in [5.41, 5.74) is 12.3. The predicted octanol–water partition coefficient (Wildman–Crippen LogP) is -2.11. The quantitative estimate of drug-likeness (QED) is 0.106. The van der Waals surface area contributed by atoms with Crippen LogP contribution in [0, 0.1) is 0 Å². The first kappa shape index (κ1) is 30.2. The van der Waals surface area contributed by atoms with Crippen LogP contribution in [-0.2, 0) is 32.0 Å². The molecule has 0 spiro atoms. The zero-order valence-electron chi connectivity index (χ0n) is 20.8. The number of nitrogens with one attached hydrogen (secondary N) is 4. The molecular formula is C24H35N7O7. The molecule has 14 nitrogen and oxygen atoms in total. The topological polar surface area (TPSA) is 246 Å². The Morgan fingerprint density at radius 1 is 0.921 bits per heavy atom. The second-order valence-electron chi connectivity index (χ2n) is 8.75. The smallest absolute Gasteiger partial charge is 0.326 e. The van der Waals surface area contributed by atoms with Crippen LogP contribution in [0.5, 0.6) is 5.75 Å². The number of phenols is 1. The number of aromatic hydroxyl groups is 1. The Morgan fingerprint density at radius 3 is 2.13 bits per heavy atom. The summed E-state index contributed by atoms with van der Waals surface area (Å²) >= 11 is 0. The Labute approximate surface area is 219 Å². The molecule has 1 heterocycles. The summed E-state index contributed by atoms with van der Waals surface area (Å²) in [4.78, 5) is 56.8. The number of carbonyl (C=O) groups is 4. The number of carboxylic acids is 1. The number of unbranched alkanes of at least 4 members (excludes halogenated alkanes) is 1. The molecule has 0 radical (unpaired) electrons. The number of aliphatic hydroxyl groups is 1. The molecule has 0 fully saturated rings. The lowest BCUT2D eigenvalue weighted by Crippen LogP contribution is -2.58. The first-order chi connectivity index (χ1) is 18.1. The van der Waals surface area contributed by atoms with Crippen molar-refractivity contribution in [3.63, 3.8) is 0 Å². The van der Waals surface area contributed by atoms with Crippen molar-refractivity contribution in [1.82, 2.24) is 25.9 Å². The summed E-state index contributed by atoms with van der Waals surface area (Å²) in [5.74, 6) is -3.63. The maximum absolute atomic E-state index is 13.1. The third-order valence-corrected chi connectivity index (χ3v) is 5.72. The Kier molecular flexibility index (Phi) is 12.2. The fourth-order valence-corrected chi connectivity index (χ4v) is 3.55. The molecule has 11 N–H and O–H groups in total. The Balaban J connectivity index is 2.15. The van der Waals surface area contributed by atoms with E-state index in [0.29, 0.717) is 37.1 Å². The van der Waals surface area contributed by atoms with Gasteiger partial charge in [-0.1, -0.05) is 18.6 Å². The summed E-state index contributed by atoms with van der Waals surface area (Å²) in [6, 6.07) is 0.929. The number of H-pyrrole nitrogens is 1. The number of carboxylic acid groups (broad SMARTS) is 1. The molecule has 208 valence electrons. The molecule has 38 heavy (non-hydrogen) atoms. The number of hydrogen-bond acceptors (Lipinski definition) is 9. The lowest BCUT2D eigenvalue weighted by Gasteiger charge is -2.24. The van der Waals surface area contributed by atoms with Crippen LogP contribution in [0.2, 0.25) is 0 Å². The molecule has 0 saturated carbocycles. The number of phenolic OH excluding ortho intramolecular Hbond substituents is 1. The molecule has 0 bridgehead atoms. The predicted molar refractivity (Wildman–Crippen MR) is 135 cm³/mol. The van der Waals surface area contributed by atoms with E-state index in [0.717, 1.165) is 0 Å². The molecule has 2 rings (SSSR count). The summed E-state index contributed by atoms with van der Waals surface area (Å²) in [6.45, 7) is -0.316. The third-order valence-electron chi connectivity index (χ3n) is 5.72. The molecule has 4 atom stereocenters. The van der Waals surface area contributed by atoms with E-state index in [-0.39, 0.29) is 18.6 Å². The van der Waals surface area contributed by atoms with Gasteiger partial charge in [-0.2, -0.15) is 0 Å². The van der Waals surface area contributed by atoms with E-state index in [1.165, 1.54) is 36.8 Å². The number of aliphatic hydroxyl groups excluding tert-OH is 1. The van der Waals surface area contributed by atoms with Crippen molar-refractivity contribution in [1.29, 1.82) is 0 Å². The number of carbonyl (C=O) groups excluding carboxylic acids is 3. The number of amides is 3. The number of hydrogen-bond donors (Lipinski definition) is 9. The fourth-order valence-electron chi connectivity index (χ4n) is 3.55. The van der Waals surface area contributed by atoms with Crippen molar-refractivity contribution in [3.8, 4) is 5.75 Å². The fraction of sp³-hybridized carbons (Fsp3) is 0.458. The maximum Gasteiger partial charge on any atom is 0.326 e. The molecule has 0 aliphatic heterocycles. The highest BCUT2D eigenvalue weighted by molar-refractivity contribution is 5.94. The van der Waals surface area contributed by atoms with Crippen LogP contribution in [0.25, 0.3) is 0 Å². The number of benzene rings is 1. The van der Waals surface area contributed by atoms with Gasteiger partial charge in [0.2, 0.25) is 17.7 Å². The highest BCUT2D eigenvalue weighted by Gasteiger charge is 2.30. The van der Waals surface area contributed by atoms with Crippen molar-refractivity contribution in [3.05, 3.63) is 48.0 Å². The number of imidazole rings is 1. The van der Waals surface area contributed by atoms with E-state index < -0.39 is 54.5 Å². The number of rotatable bonds is 16. The molecule has 2 aromatic rings. The van der Waals surface area contributed by atoms with Crippen molar-refractivity contribution in [2.45, 2.75) is 56.3 Å². The summed E-state index contributed by atoms with van der Waals surface area (Å²) in [5, 5.41) is 36.1. The second kappa shape index (κ2) is 15.3. The van der Waals surface area contributed by atoms with Crippen LogP contribution < -0.4 is 27.4 Å². The van der Waals surface area contributed by atoms with Gasteiger partial charge in [0.1, 0.15) is 23.9 Å². The Bertz CT molecular complexity index is 1050. The number of nitrogens with zero attached hydrogens (tertiary/aromatic N) is 1. The normalized spacial score (nSPS) is 14.1. The molecule has 3 amide bonds. The standard InChI is InChI=1S/C24H35N7O7/c25-8-2-1-3-17(26)21(34)31-20(12-32)23(36)29-18(9-14-4-6-16(33)7-5-14)22(35)30-19(24(37)38)10-15-11-27-13-28-15/h4-7,11,13,17-20,32-33H,1-3,8-10,12,25-26H2,(H,27,28)(H,29,36)(H,30,35)(H,31,34)(H,37,38). The van der Waals surface area contributed by atoms with E-state index in [4.69, 9.17) is 11.5 Å². The number of aromatic amines is 1. The van der Waals surface area contributed by atoms with Gasteiger partial charge in [0, 0.05) is 24.7 Å². The average Bonchev–Trinajstić information content (AvgIpc) is 3.40. The van der Waals surface area contributed by atoms with Crippen LogP contribution in [-0.4, -0.2) is 86.3 Å². The van der Waals surface area contributed by atoms with Gasteiger partial charge in [-0.05, 0) is 37.1 Å². The largest absolute Gasteiger partial charge is 0.508 e. The van der Waals surface area contributed by atoms with Gasteiger partial charge in [-0.3, -0.25) is 14.4 Å². The molecular weight excluding hydrogens is 498 g/mol. The maximum atomic E-state index is 13.1. The average molecular weight is 534 g/mol. The molecule has 14 heteroatoms. The van der Waals surface area contributed by atoms with Gasteiger partial charge in [0.25, 0.3) is 0 Å².